The van der Waals surface area contributed by atoms with Crippen molar-refractivity contribution in [1.82, 2.24) is 0 Å². The van der Waals surface area contributed by atoms with Crippen molar-refractivity contribution in [2.45, 2.75) is 36.1 Å². The number of unbranched alkanes of at least 4 members (excludes halogenated alkanes) is 1. The van der Waals surface area contributed by atoms with Crippen molar-refractivity contribution in [1.29, 1.82) is 0 Å². The first-order chi connectivity index (χ1) is 21.6. The highest BCUT2D eigenvalue weighted by atomic mass is 35.5. The molecule has 0 radical (unpaired) electrons. The summed E-state index contributed by atoms with van der Waals surface area (Å²) in [6.07, 6.45) is 3.22. The van der Waals surface area contributed by atoms with Gasteiger partial charge in [-0.3, -0.25) is 0 Å². The van der Waals surface area contributed by atoms with Crippen LogP contribution in [0, 0.1) is 0 Å². The summed E-state index contributed by atoms with van der Waals surface area (Å²) in [7, 11) is -8.30. The van der Waals surface area contributed by atoms with Gasteiger partial charge in [0.25, 0.3) is 0 Å². The van der Waals surface area contributed by atoms with Crippen molar-refractivity contribution in [3.63, 3.8) is 0 Å². The van der Waals surface area contributed by atoms with Crippen LogP contribution in [0.25, 0.3) is 0 Å². The van der Waals surface area contributed by atoms with Gasteiger partial charge in [-0.25, -0.2) is 36.7 Å². The summed E-state index contributed by atoms with van der Waals surface area (Å²) >= 11 is 5.84. The summed E-state index contributed by atoms with van der Waals surface area (Å²) in [5, 5.41) is 34.4. The van der Waals surface area contributed by atoms with Crippen LogP contribution in [0.3, 0.4) is 0 Å². The molecule has 1 aromatic heterocycles. The molecule has 0 aliphatic rings. The van der Waals surface area contributed by atoms with Crippen LogP contribution in [0.4, 0.5) is 11.4 Å². The summed E-state index contributed by atoms with van der Waals surface area (Å²) in [6.45, 7) is 2.76. The number of halogens is 1. The lowest BCUT2D eigenvalue weighted by molar-refractivity contribution is 0.0686. The van der Waals surface area contributed by atoms with E-state index in [9.17, 15) is 31.5 Å². The summed E-state index contributed by atoms with van der Waals surface area (Å²) in [4.78, 5) is 21.7. The fourth-order valence-electron chi connectivity index (χ4n) is 3.87. The molecule has 0 atom stereocenters. The number of nitrogens with one attached hydrogen (secondary N) is 2. The molecule has 246 valence electrons. The van der Waals surface area contributed by atoms with Crippen LogP contribution < -0.4 is 25.6 Å². The molecule has 46 heavy (non-hydrogen) atoms. The maximum absolute atomic E-state index is 12.0. The molecular formula is C29H31ClN4O10S2. The van der Waals surface area contributed by atoms with Gasteiger partial charge in [-0.2, -0.15) is 0 Å². The molecule has 0 bridgehead atoms. The summed E-state index contributed by atoms with van der Waals surface area (Å²) in [5.74, 6) is -1.59. The standard InChI is InChI=1S/C17H20N2O5S.C12H11ClN2O5S/c1-2-3-9-19-14-10-12(17(20)21)11-15(25(18,22)23)16(14)24-13-7-5-4-6-8-13;13-9-5-10(15-6-7-2-1-3-20-7)8(12(16)17)4-11(9)21(14,18)19/h4-8,10-11,19H,2-3,9H2,1H3,(H,20,21)(H2,18,22,23);1-5,15H,6H2,(H,16,17)(H2,14,18,19). The van der Waals surface area contributed by atoms with Gasteiger partial charge in [0.1, 0.15) is 21.3 Å². The molecule has 4 aromatic rings. The lowest BCUT2D eigenvalue weighted by Gasteiger charge is -2.17. The molecule has 0 amide bonds. The number of aromatic carboxylic acids is 2. The molecule has 0 saturated carbocycles. The highest BCUT2D eigenvalue weighted by Gasteiger charge is 2.24. The van der Waals surface area contributed by atoms with E-state index < -0.39 is 36.9 Å². The monoisotopic (exact) mass is 694 g/mol. The maximum Gasteiger partial charge on any atom is 0.337 e. The Hall–Kier alpha value is -4.61. The first-order valence-corrected chi connectivity index (χ1v) is 16.9. The topological polar surface area (TPSA) is 241 Å². The molecule has 0 aliphatic heterocycles. The summed E-state index contributed by atoms with van der Waals surface area (Å²) in [6, 6.07) is 16.4. The predicted molar refractivity (Wildman–Crippen MR) is 171 cm³/mol. The van der Waals surface area contributed by atoms with Crippen LogP contribution in [0.2, 0.25) is 5.02 Å². The lowest BCUT2D eigenvalue weighted by atomic mass is 10.1. The van der Waals surface area contributed by atoms with Gasteiger partial charge in [0.2, 0.25) is 20.0 Å². The second-order valence-corrected chi connectivity index (χ2v) is 13.0. The second kappa shape index (κ2) is 15.6. The van der Waals surface area contributed by atoms with Crippen LogP contribution in [0.5, 0.6) is 11.5 Å². The number of carbonyl (C=O) groups is 2. The summed E-state index contributed by atoms with van der Waals surface area (Å²) < 4.78 is 57.5. The Morgan fingerprint density at radius 2 is 1.54 bits per heavy atom. The number of ether oxygens (including phenoxy) is 1. The highest BCUT2D eigenvalue weighted by Crippen LogP contribution is 2.37. The third-order valence-electron chi connectivity index (χ3n) is 6.06. The average molecular weight is 695 g/mol. The molecule has 0 saturated heterocycles. The Bertz CT molecular complexity index is 1900. The van der Waals surface area contributed by atoms with E-state index in [1.165, 1.54) is 18.4 Å². The maximum atomic E-state index is 12.0. The number of primary sulfonamides is 2. The van der Waals surface area contributed by atoms with E-state index in [2.05, 4.69) is 10.6 Å². The van der Waals surface area contributed by atoms with E-state index >= 15 is 0 Å². The van der Waals surface area contributed by atoms with E-state index in [1.807, 2.05) is 6.92 Å². The minimum atomic E-state index is -4.19. The number of hydrogen-bond acceptors (Lipinski definition) is 10. The van der Waals surface area contributed by atoms with Gasteiger partial charge in [-0.1, -0.05) is 43.1 Å². The summed E-state index contributed by atoms with van der Waals surface area (Å²) in [5.41, 5.74) is -0.0176. The highest BCUT2D eigenvalue weighted by molar-refractivity contribution is 7.89. The Morgan fingerprint density at radius 3 is 2.09 bits per heavy atom. The second-order valence-electron chi connectivity index (χ2n) is 9.51. The van der Waals surface area contributed by atoms with E-state index in [0.717, 1.165) is 25.0 Å². The number of furan rings is 1. The number of para-hydroxylation sites is 1. The largest absolute Gasteiger partial charge is 0.478 e. The number of rotatable bonds is 13. The number of anilines is 2. The zero-order valence-electron chi connectivity index (χ0n) is 24.3. The molecule has 0 aliphatic carbocycles. The zero-order chi connectivity index (χ0) is 34.1. The molecule has 1 heterocycles. The number of hydrogen-bond donors (Lipinski definition) is 6. The number of carboxylic acids is 2. The van der Waals surface area contributed by atoms with E-state index in [0.29, 0.717) is 18.1 Å². The van der Waals surface area contributed by atoms with Gasteiger partial charge in [0.15, 0.2) is 5.75 Å². The van der Waals surface area contributed by atoms with Crippen LogP contribution in [-0.4, -0.2) is 45.5 Å². The number of nitrogens with two attached hydrogens (primary N) is 2. The molecule has 14 nitrogen and oxygen atoms in total. The minimum absolute atomic E-state index is 0.0187. The van der Waals surface area contributed by atoms with Gasteiger partial charge in [-0.15, -0.1) is 0 Å². The van der Waals surface area contributed by atoms with Crippen molar-refractivity contribution in [2.75, 3.05) is 17.2 Å². The van der Waals surface area contributed by atoms with Gasteiger partial charge in [-0.05, 0) is 55.0 Å². The predicted octanol–water partition coefficient (Wildman–Crippen LogP) is 4.93. The molecule has 4 rings (SSSR count). The van der Waals surface area contributed by atoms with Crippen LogP contribution in [-0.2, 0) is 26.6 Å². The quantitative estimate of drug-likeness (QED) is 0.102. The fourth-order valence-corrected chi connectivity index (χ4v) is 5.67. The van der Waals surface area contributed by atoms with Crippen molar-refractivity contribution in [3.8, 4) is 11.5 Å². The molecule has 3 aromatic carbocycles. The van der Waals surface area contributed by atoms with Gasteiger partial charge in [0.05, 0.1) is 40.3 Å². The Morgan fingerprint density at radius 1 is 0.870 bits per heavy atom. The van der Waals surface area contributed by atoms with Crippen molar-refractivity contribution < 1.29 is 45.8 Å². The van der Waals surface area contributed by atoms with Crippen molar-refractivity contribution in [2.24, 2.45) is 10.3 Å². The molecule has 0 unspecified atom stereocenters. The van der Waals surface area contributed by atoms with E-state index in [1.54, 1.807) is 42.5 Å². The van der Waals surface area contributed by atoms with Crippen LogP contribution >= 0.6 is 11.6 Å². The lowest BCUT2D eigenvalue weighted by Crippen LogP contribution is -2.16. The van der Waals surface area contributed by atoms with Crippen LogP contribution in [0.15, 0.2) is 87.2 Å². The molecule has 8 N–H and O–H groups in total. The fraction of sp³-hybridized carbons (Fsp3) is 0.172. The zero-order valence-corrected chi connectivity index (χ0v) is 26.7. The average Bonchev–Trinajstić information content (AvgIpc) is 3.50. The van der Waals surface area contributed by atoms with E-state index in [4.69, 9.17) is 36.1 Å². The third-order valence-corrected chi connectivity index (χ3v) is 8.35. The first-order valence-electron chi connectivity index (χ1n) is 13.4. The Balaban J connectivity index is 0.000000254. The Labute approximate surface area is 270 Å². The van der Waals surface area contributed by atoms with E-state index in [-0.39, 0.29) is 44.7 Å². The smallest absolute Gasteiger partial charge is 0.337 e. The number of carboxylic acid groups (broad SMARTS) is 2. The SMILES string of the molecule is CCCCNc1cc(C(=O)O)cc(S(N)(=O)=O)c1Oc1ccccc1.NS(=O)(=O)c1cc(C(=O)O)c(NCc2ccco2)cc1Cl. The normalized spacial score (nSPS) is 11.2. The minimum Gasteiger partial charge on any atom is -0.478 e. The van der Waals surface area contributed by atoms with Gasteiger partial charge in [0, 0.05) is 6.54 Å². The van der Waals surface area contributed by atoms with Crippen LogP contribution in [0.1, 0.15) is 46.2 Å². The molecule has 0 spiro atoms. The van der Waals surface area contributed by atoms with Crippen molar-refractivity contribution in [3.05, 3.63) is 94.9 Å². The van der Waals surface area contributed by atoms with Gasteiger partial charge >= 0.3 is 11.9 Å². The van der Waals surface area contributed by atoms with Gasteiger partial charge < -0.3 is 30.0 Å². The molecule has 0 fully saturated rings. The first kappa shape index (κ1) is 35.9. The Kier molecular flexibility index (Phi) is 12.2. The molecular weight excluding hydrogens is 664 g/mol. The number of benzene rings is 3. The van der Waals surface area contributed by atoms with Crippen molar-refractivity contribution >= 4 is 55.0 Å². The molecule has 17 heteroatoms. The third kappa shape index (κ3) is 9.95. The number of sulfonamides is 2.